The molecule has 1 aliphatic rings. The quantitative estimate of drug-likeness (QED) is 0.740. The molecule has 0 aliphatic carbocycles. The summed E-state index contributed by atoms with van der Waals surface area (Å²) in [5.41, 5.74) is 6.63. The molecule has 0 bridgehead atoms. The van der Waals surface area contributed by atoms with Crippen molar-refractivity contribution < 1.29 is 4.74 Å². The van der Waals surface area contributed by atoms with Gasteiger partial charge in [0, 0.05) is 19.6 Å². The number of hydrogen-bond acceptors (Lipinski definition) is 6. The maximum atomic E-state index is 6.05. The Kier molecular flexibility index (Phi) is 3.77. The van der Waals surface area contributed by atoms with Gasteiger partial charge in [0.1, 0.15) is 12.0 Å². The topological polar surface area (TPSA) is 76.3 Å². The van der Waals surface area contributed by atoms with E-state index in [0.717, 1.165) is 18.9 Å². The molecule has 6 heteroatoms. The highest BCUT2D eigenvalue weighted by Crippen LogP contribution is 2.26. The van der Waals surface area contributed by atoms with Crippen LogP contribution >= 0.6 is 0 Å². The lowest BCUT2D eigenvalue weighted by molar-refractivity contribution is 0.122. The van der Waals surface area contributed by atoms with Gasteiger partial charge in [-0.05, 0) is 0 Å². The summed E-state index contributed by atoms with van der Waals surface area (Å²) in [6, 6.07) is 0. The van der Waals surface area contributed by atoms with Gasteiger partial charge in [0.25, 0.3) is 0 Å². The molecule has 1 saturated heterocycles. The Bertz CT molecular complexity index is 389. The van der Waals surface area contributed by atoms with Crippen molar-refractivity contribution in [1.82, 2.24) is 9.97 Å². The lowest BCUT2D eigenvalue weighted by Gasteiger charge is -2.28. The van der Waals surface area contributed by atoms with Crippen molar-refractivity contribution in [2.45, 2.75) is 0 Å². The number of nitrogens with zero attached hydrogens (tertiary/aromatic N) is 3. The standard InChI is InChI=1S/C11H17N5O/c1-2-3-13-10-9(12)11(15-8-14-10)16-4-6-17-7-5-16/h2,8H,1,3-7,12H2,(H,13,14,15). The molecule has 3 N–H and O–H groups in total. The molecule has 0 radical (unpaired) electrons. The minimum Gasteiger partial charge on any atom is -0.393 e. The molecular weight excluding hydrogens is 218 g/mol. The molecule has 1 aromatic heterocycles. The van der Waals surface area contributed by atoms with E-state index in [4.69, 9.17) is 10.5 Å². The minimum atomic E-state index is 0.580. The first-order chi connectivity index (χ1) is 8.33. The number of rotatable bonds is 4. The number of hydrogen-bond donors (Lipinski definition) is 2. The summed E-state index contributed by atoms with van der Waals surface area (Å²) < 4.78 is 5.30. The number of aromatic nitrogens is 2. The van der Waals surface area contributed by atoms with Crippen LogP contribution in [-0.4, -0.2) is 42.8 Å². The highest BCUT2D eigenvalue weighted by atomic mass is 16.5. The molecule has 0 unspecified atom stereocenters. The van der Waals surface area contributed by atoms with Crippen LogP contribution in [0.25, 0.3) is 0 Å². The van der Waals surface area contributed by atoms with Crippen molar-refractivity contribution in [2.24, 2.45) is 0 Å². The third-order valence-electron chi connectivity index (χ3n) is 2.59. The summed E-state index contributed by atoms with van der Waals surface area (Å²) in [6.07, 6.45) is 3.28. The first-order valence-electron chi connectivity index (χ1n) is 5.61. The van der Waals surface area contributed by atoms with Gasteiger partial charge in [-0.25, -0.2) is 9.97 Å². The number of ether oxygens (including phenoxy) is 1. The Balaban J connectivity index is 2.18. The van der Waals surface area contributed by atoms with E-state index < -0.39 is 0 Å². The highest BCUT2D eigenvalue weighted by molar-refractivity contribution is 5.75. The number of nitrogens with two attached hydrogens (primary N) is 1. The molecule has 0 atom stereocenters. The average Bonchev–Trinajstić information content (AvgIpc) is 2.39. The monoisotopic (exact) mass is 235 g/mol. The smallest absolute Gasteiger partial charge is 0.157 e. The first kappa shape index (κ1) is 11.7. The maximum absolute atomic E-state index is 6.05. The molecule has 1 aliphatic heterocycles. The Morgan fingerprint density at radius 1 is 1.47 bits per heavy atom. The first-order valence-corrected chi connectivity index (χ1v) is 5.61. The van der Waals surface area contributed by atoms with E-state index >= 15 is 0 Å². The molecule has 2 heterocycles. The van der Waals surface area contributed by atoms with Crippen LogP contribution in [0, 0.1) is 0 Å². The number of nitrogens with one attached hydrogen (secondary N) is 1. The second-order valence-corrected chi connectivity index (χ2v) is 3.73. The van der Waals surface area contributed by atoms with Crippen molar-refractivity contribution in [3.8, 4) is 0 Å². The van der Waals surface area contributed by atoms with Gasteiger partial charge in [-0.1, -0.05) is 6.08 Å². The predicted molar refractivity (Wildman–Crippen MR) is 68.2 cm³/mol. The van der Waals surface area contributed by atoms with E-state index in [1.165, 1.54) is 6.33 Å². The predicted octanol–water partition coefficient (Wildman–Crippen LogP) is 0.493. The molecule has 0 aromatic carbocycles. The summed E-state index contributed by atoms with van der Waals surface area (Å²) in [5, 5.41) is 3.09. The van der Waals surface area contributed by atoms with Crippen LogP contribution in [0.2, 0.25) is 0 Å². The van der Waals surface area contributed by atoms with Gasteiger partial charge in [0.05, 0.1) is 13.2 Å². The summed E-state index contributed by atoms with van der Waals surface area (Å²) in [6.45, 7) is 7.30. The fourth-order valence-corrected chi connectivity index (χ4v) is 1.72. The Labute approximate surface area is 100 Å². The van der Waals surface area contributed by atoms with Crippen LogP contribution in [0.4, 0.5) is 17.3 Å². The zero-order valence-corrected chi connectivity index (χ0v) is 9.72. The maximum Gasteiger partial charge on any atom is 0.157 e. The molecule has 0 spiro atoms. The van der Waals surface area contributed by atoms with Crippen LogP contribution in [-0.2, 0) is 4.74 Å². The van der Waals surface area contributed by atoms with Crippen molar-refractivity contribution in [3.63, 3.8) is 0 Å². The van der Waals surface area contributed by atoms with Gasteiger partial charge in [-0.2, -0.15) is 0 Å². The number of morpholine rings is 1. The zero-order valence-electron chi connectivity index (χ0n) is 9.72. The van der Waals surface area contributed by atoms with Gasteiger partial charge < -0.3 is 20.7 Å². The van der Waals surface area contributed by atoms with Crippen LogP contribution in [0.1, 0.15) is 0 Å². The molecule has 1 fully saturated rings. The van der Waals surface area contributed by atoms with E-state index in [1.54, 1.807) is 6.08 Å². The Morgan fingerprint density at radius 3 is 2.94 bits per heavy atom. The molecule has 2 rings (SSSR count). The lowest BCUT2D eigenvalue weighted by Crippen LogP contribution is -2.37. The molecule has 92 valence electrons. The summed E-state index contributed by atoms with van der Waals surface area (Å²) in [4.78, 5) is 10.5. The highest BCUT2D eigenvalue weighted by Gasteiger charge is 2.17. The van der Waals surface area contributed by atoms with Crippen molar-refractivity contribution in [3.05, 3.63) is 19.0 Å². The number of anilines is 3. The van der Waals surface area contributed by atoms with Crippen molar-refractivity contribution in [2.75, 3.05) is 48.8 Å². The van der Waals surface area contributed by atoms with Gasteiger partial charge in [-0.15, -0.1) is 6.58 Å². The molecule has 0 saturated carbocycles. The summed E-state index contributed by atoms with van der Waals surface area (Å²) in [7, 11) is 0. The average molecular weight is 235 g/mol. The molecule has 17 heavy (non-hydrogen) atoms. The third kappa shape index (κ3) is 2.65. The van der Waals surface area contributed by atoms with Crippen LogP contribution in [0.5, 0.6) is 0 Å². The Morgan fingerprint density at radius 2 is 2.24 bits per heavy atom. The summed E-state index contributed by atoms with van der Waals surface area (Å²) >= 11 is 0. The zero-order chi connectivity index (χ0) is 12.1. The van der Waals surface area contributed by atoms with Crippen LogP contribution in [0.15, 0.2) is 19.0 Å². The number of nitrogen functional groups attached to an aromatic ring is 1. The van der Waals surface area contributed by atoms with E-state index in [2.05, 4.69) is 26.8 Å². The SMILES string of the molecule is C=CCNc1ncnc(N2CCOCC2)c1N. The fraction of sp³-hybridized carbons (Fsp3) is 0.455. The van der Waals surface area contributed by atoms with Crippen molar-refractivity contribution >= 4 is 17.3 Å². The fourth-order valence-electron chi connectivity index (χ4n) is 1.72. The van der Waals surface area contributed by atoms with Gasteiger partial charge in [0.2, 0.25) is 0 Å². The van der Waals surface area contributed by atoms with E-state index in [1.807, 2.05) is 0 Å². The van der Waals surface area contributed by atoms with E-state index in [0.29, 0.717) is 31.3 Å². The van der Waals surface area contributed by atoms with E-state index in [-0.39, 0.29) is 0 Å². The molecule has 1 aromatic rings. The normalized spacial score (nSPS) is 15.6. The third-order valence-corrected chi connectivity index (χ3v) is 2.59. The van der Waals surface area contributed by atoms with Gasteiger partial charge in [0.15, 0.2) is 11.6 Å². The van der Waals surface area contributed by atoms with Gasteiger partial charge >= 0.3 is 0 Å². The second-order valence-electron chi connectivity index (χ2n) is 3.73. The molecule has 0 amide bonds. The molecule has 6 nitrogen and oxygen atoms in total. The second kappa shape index (κ2) is 5.49. The summed E-state index contributed by atoms with van der Waals surface area (Å²) in [5.74, 6) is 1.43. The largest absolute Gasteiger partial charge is 0.393 e. The lowest BCUT2D eigenvalue weighted by atomic mass is 10.3. The van der Waals surface area contributed by atoms with Gasteiger partial charge in [-0.3, -0.25) is 0 Å². The van der Waals surface area contributed by atoms with Crippen LogP contribution < -0.4 is 16.0 Å². The van der Waals surface area contributed by atoms with E-state index in [9.17, 15) is 0 Å². The van der Waals surface area contributed by atoms with Crippen LogP contribution in [0.3, 0.4) is 0 Å². The Hall–Kier alpha value is -1.82. The molecular formula is C11H17N5O. The van der Waals surface area contributed by atoms with Crippen molar-refractivity contribution in [1.29, 1.82) is 0 Å². The minimum absolute atomic E-state index is 0.580.